The van der Waals surface area contributed by atoms with Crippen molar-refractivity contribution in [2.75, 3.05) is 17.1 Å². The molecule has 0 unspecified atom stereocenters. The summed E-state index contributed by atoms with van der Waals surface area (Å²) in [5, 5.41) is 5.10. The molecule has 0 atom stereocenters. The lowest BCUT2D eigenvalue weighted by atomic mass is 10.2. The molecular weight excluding hydrogens is 458 g/mol. The number of hydrogen-bond acceptors (Lipinski definition) is 6. The van der Waals surface area contributed by atoms with E-state index in [2.05, 4.69) is 15.0 Å². The minimum atomic E-state index is -3.71. The molecule has 2 N–H and O–H groups in total. The number of thiazole rings is 1. The topological polar surface area (TPSA) is 97.4 Å². The average molecular weight is 480 g/mol. The van der Waals surface area contributed by atoms with E-state index in [0.717, 1.165) is 22.6 Å². The predicted octanol–water partition coefficient (Wildman–Crippen LogP) is 5.18. The van der Waals surface area contributed by atoms with Crippen LogP contribution < -0.4 is 14.8 Å². The first kappa shape index (κ1) is 22.5. The zero-order valence-electron chi connectivity index (χ0n) is 17.9. The number of ether oxygens (including phenoxy) is 1. The zero-order chi connectivity index (χ0) is 23.4. The van der Waals surface area contributed by atoms with Gasteiger partial charge in [0, 0.05) is 22.2 Å². The van der Waals surface area contributed by atoms with E-state index < -0.39 is 10.0 Å². The molecule has 4 aromatic rings. The third-order valence-corrected chi connectivity index (χ3v) is 7.00. The molecule has 3 aromatic carbocycles. The Morgan fingerprint density at radius 3 is 2.24 bits per heavy atom. The van der Waals surface area contributed by atoms with Crippen LogP contribution in [0.1, 0.15) is 15.9 Å². The lowest BCUT2D eigenvalue weighted by Gasteiger charge is -2.09. The molecule has 0 fully saturated rings. The second-order valence-corrected chi connectivity index (χ2v) is 9.76. The van der Waals surface area contributed by atoms with Crippen molar-refractivity contribution >= 4 is 38.1 Å². The third-order valence-electron chi connectivity index (χ3n) is 4.84. The predicted molar refractivity (Wildman–Crippen MR) is 130 cm³/mol. The van der Waals surface area contributed by atoms with Gasteiger partial charge in [-0.15, -0.1) is 11.3 Å². The SMILES string of the molecule is COc1ccc(-c2csc(NC(=O)c3ccc(NS(=O)(=O)c4ccc(C)cc4)cc3)n2)cc1. The van der Waals surface area contributed by atoms with Crippen LogP contribution in [-0.4, -0.2) is 26.4 Å². The highest BCUT2D eigenvalue weighted by Gasteiger charge is 2.15. The summed E-state index contributed by atoms with van der Waals surface area (Å²) >= 11 is 1.32. The van der Waals surface area contributed by atoms with Crippen LogP contribution in [0.4, 0.5) is 10.8 Å². The molecule has 0 saturated carbocycles. The second kappa shape index (κ2) is 9.43. The number of nitrogens with one attached hydrogen (secondary N) is 2. The summed E-state index contributed by atoms with van der Waals surface area (Å²) in [6.07, 6.45) is 0. The van der Waals surface area contributed by atoms with E-state index in [-0.39, 0.29) is 10.8 Å². The monoisotopic (exact) mass is 479 g/mol. The molecule has 1 amide bonds. The van der Waals surface area contributed by atoms with Gasteiger partial charge >= 0.3 is 0 Å². The van der Waals surface area contributed by atoms with Crippen LogP contribution in [0.2, 0.25) is 0 Å². The van der Waals surface area contributed by atoms with Gasteiger partial charge < -0.3 is 4.74 Å². The minimum absolute atomic E-state index is 0.173. The number of hydrogen-bond donors (Lipinski definition) is 2. The molecule has 7 nitrogen and oxygen atoms in total. The number of sulfonamides is 1. The number of benzene rings is 3. The molecule has 0 spiro atoms. The highest BCUT2D eigenvalue weighted by molar-refractivity contribution is 7.92. The van der Waals surface area contributed by atoms with Crippen LogP contribution in [0.3, 0.4) is 0 Å². The average Bonchev–Trinajstić information content (AvgIpc) is 3.28. The largest absolute Gasteiger partial charge is 0.497 e. The molecule has 4 rings (SSSR count). The Hall–Kier alpha value is -3.69. The number of nitrogens with zero attached hydrogens (tertiary/aromatic N) is 1. The van der Waals surface area contributed by atoms with Gasteiger partial charge in [0.05, 0.1) is 17.7 Å². The van der Waals surface area contributed by atoms with Crippen molar-refractivity contribution in [1.82, 2.24) is 4.98 Å². The summed E-state index contributed by atoms with van der Waals surface area (Å²) in [6.45, 7) is 1.89. The smallest absolute Gasteiger partial charge is 0.261 e. The summed E-state index contributed by atoms with van der Waals surface area (Å²) in [7, 11) is -2.10. The molecule has 0 aliphatic carbocycles. The molecule has 168 valence electrons. The Bertz CT molecular complexity index is 1360. The maximum absolute atomic E-state index is 12.6. The Morgan fingerprint density at radius 1 is 0.939 bits per heavy atom. The lowest BCUT2D eigenvalue weighted by Crippen LogP contribution is -2.14. The second-order valence-electron chi connectivity index (χ2n) is 7.22. The Labute approximate surface area is 196 Å². The van der Waals surface area contributed by atoms with Gasteiger partial charge in [-0.3, -0.25) is 14.8 Å². The number of aromatic nitrogens is 1. The van der Waals surface area contributed by atoms with E-state index >= 15 is 0 Å². The zero-order valence-corrected chi connectivity index (χ0v) is 19.5. The molecule has 0 aliphatic heterocycles. The quantitative estimate of drug-likeness (QED) is 0.381. The molecule has 0 radical (unpaired) electrons. The van der Waals surface area contributed by atoms with Crippen LogP contribution in [0.15, 0.2) is 83.1 Å². The Morgan fingerprint density at radius 2 is 1.61 bits per heavy atom. The van der Waals surface area contributed by atoms with Crippen LogP contribution in [0.5, 0.6) is 5.75 Å². The summed E-state index contributed by atoms with van der Waals surface area (Å²) in [5.74, 6) is 0.422. The summed E-state index contributed by atoms with van der Waals surface area (Å²) in [6, 6.07) is 20.3. The molecule has 33 heavy (non-hydrogen) atoms. The number of carbonyl (C=O) groups is 1. The van der Waals surface area contributed by atoms with E-state index in [1.807, 2.05) is 36.6 Å². The van der Waals surface area contributed by atoms with Crippen LogP contribution in [0.25, 0.3) is 11.3 Å². The Kier molecular flexibility index (Phi) is 6.43. The normalized spacial score (nSPS) is 11.1. The fourth-order valence-corrected chi connectivity index (χ4v) is 4.79. The number of methoxy groups -OCH3 is 1. The van der Waals surface area contributed by atoms with Gasteiger partial charge in [0.2, 0.25) is 0 Å². The fraction of sp³-hybridized carbons (Fsp3) is 0.0833. The molecule has 1 heterocycles. The molecule has 0 aliphatic rings. The van der Waals surface area contributed by atoms with E-state index in [4.69, 9.17) is 4.74 Å². The van der Waals surface area contributed by atoms with Crippen molar-refractivity contribution in [3.05, 3.63) is 89.3 Å². The van der Waals surface area contributed by atoms with E-state index in [1.165, 1.54) is 11.3 Å². The minimum Gasteiger partial charge on any atom is -0.497 e. The van der Waals surface area contributed by atoms with Gasteiger partial charge in [-0.05, 0) is 67.6 Å². The highest BCUT2D eigenvalue weighted by atomic mass is 32.2. The first-order valence-corrected chi connectivity index (χ1v) is 12.3. The first-order valence-electron chi connectivity index (χ1n) is 9.95. The van der Waals surface area contributed by atoms with Crippen molar-refractivity contribution in [2.45, 2.75) is 11.8 Å². The summed E-state index contributed by atoms with van der Waals surface area (Å²) < 4.78 is 32.7. The van der Waals surface area contributed by atoms with Gasteiger partial charge in [0.1, 0.15) is 5.75 Å². The van der Waals surface area contributed by atoms with Gasteiger partial charge in [0.25, 0.3) is 15.9 Å². The van der Waals surface area contributed by atoms with Crippen LogP contribution >= 0.6 is 11.3 Å². The summed E-state index contributed by atoms with van der Waals surface area (Å²) in [5.41, 5.74) is 3.38. The van der Waals surface area contributed by atoms with Crippen molar-refractivity contribution in [1.29, 1.82) is 0 Å². The molecular formula is C24H21N3O4S2. The Balaban J connectivity index is 1.41. The van der Waals surface area contributed by atoms with Crippen molar-refractivity contribution in [2.24, 2.45) is 0 Å². The number of aryl methyl sites for hydroxylation is 1. The summed E-state index contributed by atoms with van der Waals surface area (Å²) in [4.78, 5) is 17.2. The van der Waals surface area contributed by atoms with Crippen LogP contribution in [-0.2, 0) is 10.0 Å². The van der Waals surface area contributed by atoms with E-state index in [9.17, 15) is 13.2 Å². The fourth-order valence-electron chi connectivity index (χ4n) is 3.02. The van der Waals surface area contributed by atoms with Gasteiger partial charge in [0.15, 0.2) is 5.13 Å². The number of rotatable bonds is 7. The van der Waals surface area contributed by atoms with Crippen LogP contribution in [0, 0.1) is 6.92 Å². The van der Waals surface area contributed by atoms with E-state index in [0.29, 0.717) is 16.4 Å². The molecule has 0 bridgehead atoms. The maximum atomic E-state index is 12.6. The number of anilines is 2. The van der Waals surface area contributed by atoms with Gasteiger partial charge in [-0.1, -0.05) is 17.7 Å². The van der Waals surface area contributed by atoms with Crippen molar-refractivity contribution in [3.8, 4) is 17.0 Å². The van der Waals surface area contributed by atoms with E-state index in [1.54, 1.807) is 55.6 Å². The molecule has 0 saturated heterocycles. The van der Waals surface area contributed by atoms with Crippen molar-refractivity contribution < 1.29 is 17.9 Å². The molecule has 9 heteroatoms. The standard InChI is InChI=1S/C24H21N3O4S2/c1-16-3-13-21(14-4-16)33(29,30)27-19-9-5-18(6-10-19)23(28)26-24-25-22(15-32-24)17-7-11-20(31-2)12-8-17/h3-15,27H,1-2H3,(H,25,26,28). The number of carbonyl (C=O) groups excluding carboxylic acids is 1. The highest BCUT2D eigenvalue weighted by Crippen LogP contribution is 2.27. The van der Waals surface area contributed by atoms with Gasteiger partial charge in [-0.25, -0.2) is 13.4 Å². The first-order chi connectivity index (χ1) is 15.8. The lowest BCUT2D eigenvalue weighted by molar-refractivity contribution is 0.102. The third kappa shape index (κ3) is 5.39. The van der Waals surface area contributed by atoms with Gasteiger partial charge in [-0.2, -0.15) is 0 Å². The molecule has 1 aromatic heterocycles. The maximum Gasteiger partial charge on any atom is 0.261 e. The number of amides is 1. The van der Waals surface area contributed by atoms with Crippen molar-refractivity contribution in [3.63, 3.8) is 0 Å².